The largest absolute Gasteiger partial charge is 0.481 e. The van der Waals surface area contributed by atoms with Gasteiger partial charge in [0.05, 0.1) is 23.3 Å². The molecule has 0 aliphatic carbocycles. The first kappa shape index (κ1) is 18.8. The molecule has 8 heteroatoms. The zero-order valence-electron chi connectivity index (χ0n) is 15.4. The van der Waals surface area contributed by atoms with Gasteiger partial charge < -0.3 is 19.7 Å². The minimum atomic E-state index is -0.837. The van der Waals surface area contributed by atoms with Crippen LogP contribution < -0.4 is 21.3 Å². The lowest BCUT2D eigenvalue weighted by Gasteiger charge is -2.28. The number of aliphatic carboxylic acids is 1. The van der Waals surface area contributed by atoms with E-state index in [1.54, 1.807) is 0 Å². The van der Waals surface area contributed by atoms with Gasteiger partial charge in [0.25, 0.3) is 0 Å². The van der Waals surface area contributed by atoms with Crippen LogP contribution in [0.4, 0.5) is 17.2 Å². The topological polar surface area (TPSA) is 108 Å². The summed E-state index contributed by atoms with van der Waals surface area (Å²) < 4.78 is 5.57. The highest BCUT2D eigenvalue weighted by molar-refractivity contribution is 5.77. The van der Waals surface area contributed by atoms with Crippen LogP contribution in [0.2, 0.25) is 0 Å². The van der Waals surface area contributed by atoms with E-state index < -0.39 is 11.7 Å². The molecule has 2 aromatic rings. The number of ether oxygens (including phenoxy) is 1. The minimum absolute atomic E-state index is 0.0779. The van der Waals surface area contributed by atoms with Crippen LogP contribution in [0.15, 0.2) is 21.9 Å². The zero-order valence-corrected chi connectivity index (χ0v) is 15.4. The number of benzene rings is 1. The van der Waals surface area contributed by atoms with E-state index in [4.69, 9.17) is 9.84 Å². The van der Waals surface area contributed by atoms with E-state index in [-0.39, 0.29) is 6.42 Å². The number of hydrogen-bond donors (Lipinski definition) is 2. The van der Waals surface area contributed by atoms with Crippen LogP contribution in [-0.4, -0.2) is 40.8 Å². The predicted molar refractivity (Wildman–Crippen MR) is 101 cm³/mol. The summed E-state index contributed by atoms with van der Waals surface area (Å²) >= 11 is 0. The molecule has 0 fully saturated rings. The molecule has 1 aliphatic heterocycles. The first-order chi connectivity index (χ1) is 12.9. The molecule has 0 amide bonds. The third-order valence-corrected chi connectivity index (χ3v) is 4.47. The molecule has 8 nitrogen and oxygen atoms in total. The number of H-pyrrole nitrogens is 1. The second-order valence-corrected chi connectivity index (χ2v) is 6.49. The fourth-order valence-electron chi connectivity index (χ4n) is 2.94. The number of nitrogens with zero attached hydrogens (tertiary/aromatic N) is 3. The SMILES string of the molecule is C=c1[nH]c(=O)nc2c1=Nc1cc(C)c(C)cc1N2CCOCCCC(=O)O. The van der Waals surface area contributed by atoms with Crippen molar-refractivity contribution in [2.75, 3.05) is 24.7 Å². The Morgan fingerprint density at radius 1 is 1.30 bits per heavy atom. The van der Waals surface area contributed by atoms with Gasteiger partial charge in [0.15, 0.2) is 5.82 Å². The Morgan fingerprint density at radius 2 is 2.04 bits per heavy atom. The number of carboxylic acids is 1. The van der Waals surface area contributed by atoms with E-state index in [1.807, 2.05) is 30.9 Å². The number of aromatic amines is 1. The number of fused-ring (bicyclic) bond motifs is 2. The summed E-state index contributed by atoms with van der Waals surface area (Å²) in [4.78, 5) is 35.6. The molecule has 2 heterocycles. The van der Waals surface area contributed by atoms with Crippen molar-refractivity contribution in [3.05, 3.63) is 44.5 Å². The van der Waals surface area contributed by atoms with E-state index in [0.717, 1.165) is 22.5 Å². The Kier molecular flexibility index (Phi) is 5.36. The quantitative estimate of drug-likeness (QED) is 0.706. The molecule has 1 aromatic carbocycles. The Bertz CT molecular complexity index is 1040. The predicted octanol–water partition coefficient (Wildman–Crippen LogP) is 1.08. The second-order valence-electron chi connectivity index (χ2n) is 6.49. The highest BCUT2D eigenvalue weighted by atomic mass is 16.5. The van der Waals surface area contributed by atoms with Crippen LogP contribution in [0.5, 0.6) is 0 Å². The Balaban J connectivity index is 1.90. The van der Waals surface area contributed by atoms with Gasteiger partial charge in [0.1, 0.15) is 5.36 Å². The number of aromatic nitrogens is 2. The van der Waals surface area contributed by atoms with E-state index in [2.05, 4.69) is 21.5 Å². The lowest BCUT2D eigenvalue weighted by molar-refractivity contribution is -0.137. The van der Waals surface area contributed by atoms with Crippen LogP contribution >= 0.6 is 0 Å². The van der Waals surface area contributed by atoms with Gasteiger partial charge in [0.2, 0.25) is 0 Å². The molecule has 2 N–H and O–H groups in total. The number of nitrogens with one attached hydrogen (secondary N) is 1. The highest BCUT2D eigenvalue weighted by Gasteiger charge is 2.22. The van der Waals surface area contributed by atoms with E-state index in [1.165, 1.54) is 0 Å². The first-order valence-corrected chi connectivity index (χ1v) is 8.73. The molecule has 1 aromatic heterocycles. The molecule has 1 aliphatic rings. The van der Waals surface area contributed by atoms with Crippen LogP contribution in [-0.2, 0) is 9.53 Å². The monoisotopic (exact) mass is 370 g/mol. The molecular weight excluding hydrogens is 348 g/mol. The Hall–Kier alpha value is -3.00. The summed E-state index contributed by atoms with van der Waals surface area (Å²) in [6, 6.07) is 4.02. The van der Waals surface area contributed by atoms with E-state index >= 15 is 0 Å². The lowest BCUT2D eigenvalue weighted by Crippen LogP contribution is -2.43. The van der Waals surface area contributed by atoms with Gasteiger partial charge in [-0.3, -0.25) is 4.79 Å². The van der Waals surface area contributed by atoms with Crippen molar-refractivity contribution >= 4 is 29.7 Å². The minimum Gasteiger partial charge on any atom is -0.481 e. The molecule has 0 unspecified atom stereocenters. The van der Waals surface area contributed by atoms with Gasteiger partial charge in [-0.25, -0.2) is 9.79 Å². The van der Waals surface area contributed by atoms with Gasteiger partial charge in [-0.15, -0.1) is 0 Å². The van der Waals surface area contributed by atoms with Crippen molar-refractivity contribution in [2.45, 2.75) is 26.7 Å². The fraction of sp³-hybridized carbons (Fsp3) is 0.368. The summed E-state index contributed by atoms with van der Waals surface area (Å²) in [5.41, 5.74) is 3.40. The summed E-state index contributed by atoms with van der Waals surface area (Å²) in [5, 5.41) is 9.63. The number of anilines is 2. The molecule has 0 bridgehead atoms. The summed E-state index contributed by atoms with van der Waals surface area (Å²) in [5.74, 6) is -0.384. The van der Waals surface area contributed by atoms with Crippen molar-refractivity contribution in [1.29, 1.82) is 0 Å². The van der Waals surface area contributed by atoms with Crippen molar-refractivity contribution in [3.8, 4) is 0 Å². The third-order valence-electron chi connectivity index (χ3n) is 4.47. The number of rotatable bonds is 7. The van der Waals surface area contributed by atoms with Gasteiger partial charge in [0, 0.05) is 19.6 Å². The second kappa shape index (κ2) is 7.71. The van der Waals surface area contributed by atoms with Crippen molar-refractivity contribution < 1.29 is 14.6 Å². The smallest absolute Gasteiger partial charge is 0.347 e. The zero-order chi connectivity index (χ0) is 19.6. The molecular formula is C19H22N4O4. The normalized spacial score (nSPS) is 12.3. The van der Waals surface area contributed by atoms with Gasteiger partial charge in [-0.05, 0) is 43.5 Å². The number of aryl methyl sites for hydroxylation is 2. The van der Waals surface area contributed by atoms with Crippen LogP contribution in [0.3, 0.4) is 0 Å². The number of hydrogen-bond acceptors (Lipinski definition) is 6. The van der Waals surface area contributed by atoms with Crippen LogP contribution in [0, 0.1) is 13.8 Å². The van der Waals surface area contributed by atoms with Crippen molar-refractivity contribution in [1.82, 2.24) is 9.97 Å². The van der Waals surface area contributed by atoms with Crippen molar-refractivity contribution in [2.24, 2.45) is 4.99 Å². The summed E-state index contributed by atoms with van der Waals surface area (Å²) in [6.45, 7) is 9.10. The average Bonchev–Trinajstić information content (AvgIpc) is 2.59. The first-order valence-electron chi connectivity index (χ1n) is 8.73. The standard InChI is InChI=1S/C19H22N4O4/c1-11-9-14-15(10-12(11)2)23(6-8-27-7-4-5-16(24)25)18-17(21-14)13(3)20-19(26)22-18/h9-10H,3-8H2,1-2H3,(H,20,26)(H,24,25). The molecule has 142 valence electrons. The van der Waals surface area contributed by atoms with Crippen LogP contribution in [0.25, 0.3) is 6.58 Å². The molecule has 0 saturated heterocycles. The lowest BCUT2D eigenvalue weighted by atomic mass is 10.1. The average molecular weight is 370 g/mol. The molecule has 27 heavy (non-hydrogen) atoms. The Labute approximate surface area is 155 Å². The van der Waals surface area contributed by atoms with Crippen molar-refractivity contribution in [3.63, 3.8) is 0 Å². The third kappa shape index (κ3) is 4.06. The fourth-order valence-corrected chi connectivity index (χ4v) is 2.94. The summed E-state index contributed by atoms with van der Waals surface area (Å²) in [6.07, 6.45) is 0.533. The molecule has 0 atom stereocenters. The molecule has 0 saturated carbocycles. The van der Waals surface area contributed by atoms with E-state index in [9.17, 15) is 9.59 Å². The maximum absolute atomic E-state index is 11.9. The molecule has 3 rings (SSSR count). The molecule has 0 spiro atoms. The summed E-state index contributed by atoms with van der Waals surface area (Å²) in [7, 11) is 0. The van der Waals surface area contributed by atoms with Gasteiger partial charge in [-0.1, -0.05) is 6.58 Å². The maximum atomic E-state index is 11.9. The Morgan fingerprint density at radius 3 is 2.78 bits per heavy atom. The van der Waals surface area contributed by atoms with Gasteiger partial charge >= 0.3 is 11.7 Å². The van der Waals surface area contributed by atoms with Crippen LogP contribution in [0.1, 0.15) is 24.0 Å². The maximum Gasteiger partial charge on any atom is 0.347 e. The van der Waals surface area contributed by atoms with Gasteiger partial charge in [-0.2, -0.15) is 4.98 Å². The van der Waals surface area contributed by atoms with E-state index in [0.29, 0.717) is 42.7 Å². The molecule has 0 radical (unpaired) electrons. The number of carbonyl (C=O) groups is 1. The number of carboxylic acid groups (broad SMARTS) is 1. The highest BCUT2D eigenvalue weighted by Crippen LogP contribution is 2.36.